The van der Waals surface area contributed by atoms with Gasteiger partial charge in [0.15, 0.2) is 5.82 Å². The van der Waals surface area contributed by atoms with Crippen LogP contribution in [0.1, 0.15) is 0 Å². The van der Waals surface area contributed by atoms with Crippen LogP contribution in [-0.2, 0) is 20.0 Å². The number of benzene rings is 1. The molecule has 0 aliphatic heterocycles. The van der Waals surface area contributed by atoms with E-state index in [4.69, 9.17) is 0 Å². The maximum atomic E-state index is 13.4. The van der Waals surface area contributed by atoms with Crippen LogP contribution in [0, 0.1) is 11.6 Å². The molecule has 1 rings (SSSR count). The van der Waals surface area contributed by atoms with Crippen molar-refractivity contribution in [3.05, 3.63) is 29.8 Å². The highest BCUT2D eigenvalue weighted by molar-refractivity contribution is 8.09. The van der Waals surface area contributed by atoms with E-state index in [1.54, 1.807) is 0 Å². The van der Waals surface area contributed by atoms with E-state index in [1.165, 1.54) is 0 Å². The number of nitrogens with zero attached hydrogens (tertiary/aromatic N) is 1. The van der Waals surface area contributed by atoms with Crippen LogP contribution in [0.25, 0.3) is 0 Å². The Morgan fingerprint density at radius 1 is 1.00 bits per heavy atom. The van der Waals surface area contributed by atoms with Crippen molar-refractivity contribution < 1.29 is 25.6 Å². The van der Waals surface area contributed by atoms with Crippen molar-refractivity contribution in [2.45, 2.75) is 0 Å². The Labute approximate surface area is 97.8 Å². The van der Waals surface area contributed by atoms with Crippen LogP contribution in [0.5, 0.6) is 0 Å². The van der Waals surface area contributed by atoms with E-state index < -0.39 is 37.4 Å². The Morgan fingerprint density at radius 3 is 1.82 bits per heavy atom. The highest BCUT2D eigenvalue weighted by atomic mass is 32.3. The zero-order valence-corrected chi connectivity index (χ0v) is 10.5. The van der Waals surface area contributed by atoms with Gasteiger partial charge >= 0.3 is 0 Å². The highest BCUT2D eigenvalue weighted by Gasteiger charge is 2.29. The number of sulfonamides is 2. The Hall–Kier alpha value is -1.22. The van der Waals surface area contributed by atoms with Crippen molar-refractivity contribution in [3.63, 3.8) is 0 Å². The Morgan fingerprint density at radius 2 is 1.47 bits per heavy atom. The summed E-state index contributed by atoms with van der Waals surface area (Å²) < 4.78 is 71.1. The lowest BCUT2D eigenvalue weighted by Crippen LogP contribution is -2.35. The van der Waals surface area contributed by atoms with Crippen LogP contribution in [0.4, 0.5) is 14.5 Å². The van der Waals surface area contributed by atoms with Gasteiger partial charge in [-0.25, -0.2) is 25.6 Å². The molecule has 0 radical (unpaired) electrons. The number of hydrogen-bond acceptors (Lipinski definition) is 4. The monoisotopic (exact) mass is 285 g/mol. The molecule has 0 atom stereocenters. The molecule has 0 N–H and O–H groups in total. The van der Waals surface area contributed by atoms with Crippen molar-refractivity contribution >= 4 is 25.7 Å². The molecule has 0 saturated heterocycles. The van der Waals surface area contributed by atoms with Gasteiger partial charge in [-0.05, 0) is 12.1 Å². The molecule has 0 bridgehead atoms. The molecule has 9 heteroatoms. The molecule has 0 aliphatic carbocycles. The van der Waals surface area contributed by atoms with Crippen LogP contribution in [0.3, 0.4) is 0 Å². The lowest BCUT2D eigenvalue weighted by Gasteiger charge is -2.19. The second-order valence-corrected chi connectivity index (χ2v) is 7.21. The fourth-order valence-corrected chi connectivity index (χ4v) is 4.21. The smallest absolute Gasteiger partial charge is 0.207 e. The van der Waals surface area contributed by atoms with Crippen molar-refractivity contribution in [2.75, 3.05) is 16.2 Å². The topological polar surface area (TPSA) is 71.5 Å². The second kappa shape index (κ2) is 4.22. The summed E-state index contributed by atoms with van der Waals surface area (Å²) in [7, 11) is -8.46. The van der Waals surface area contributed by atoms with Crippen LogP contribution in [-0.4, -0.2) is 29.3 Å². The van der Waals surface area contributed by atoms with Gasteiger partial charge < -0.3 is 0 Å². The van der Waals surface area contributed by atoms with E-state index in [0.717, 1.165) is 12.1 Å². The first-order valence-corrected chi connectivity index (χ1v) is 7.88. The molecule has 17 heavy (non-hydrogen) atoms. The molecule has 96 valence electrons. The SMILES string of the molecule is CS(=O)(=O)N(c1ccc(F)cc1F)S(C)(=O)=O. The molecule has 0 spiro atoms. The standard InChI is InChI=1S/C8H9F2NO4S2/c1-16(12,13)11(17(2,14)15)8-4-3-6(9)5-7(8)10/h3-5H,1-2H3. The van der Waals surface area contributed by atoms with Gasteiger partial charge in [-0.15, -0.1) is 0 Å². The lowest BCUT2D eigenvalue weighted by molar-refractivity contribution is 0.574. The zero-order valence-electron chi connectivity index (χ0n) is 8.88. The number of anilines is 1. The van der Waals surface area contributed by atoms with E-state index in [1.807, 2.05) is 0 Å². The average molecular weight is 285 g/mol. The van der Waals surface area contributed by atoms with E-state index in [0.29, 0.717) is 18.6 Å². The second-order valence-electron chi connectivity index (χ2n) is 3.32. The molecule has 0 aromatic heterocycles. The summed E-state index contributed by atoms with van der Waals surface area (Å²) in [5, 5.41) is 0. The third kappa shape index (κ3) is 3.13. The van der Waals surface area contributed by atoms with Crippen molar-refractivity contribution in [1.82, 2.24) is 0 Å². The lowest BCUT2D eigenvalue weighted by atomic mass is 10.3. The van der Waals surface area contributed by atoms with Gasteiger partial charge in [-0.3, -0.25) is 0 Å². The molecule has 1 aromatic rings. The molecule has 0 amide bonds. The van der Waals surface area contributed by atoms with Crippen LogP contribution in [0.2, 0.25) is 0 Å². The van der Waals surface area contributed by atoms with Gasteiger partial charge in [0, 0.05) is 6.07 Å². The normalized spacial score (nSPS) is 12.5. The van der Waals surface area contributed by atoms with Crippen LogP contribution in [0.15, 0.2) is 18.2 Å². The summed E-state index contributed by atoms with van der Waals surface area (Å²) >= 11 is 0. The zero-order chi connectivity index (χ0) is 13.4. The van der Waals surface area contributed by atoms with Gasteiger partial charge in [0.2, 0.25) is 20.0 Å². The van der Waals surface area contributed by atoms with E-state index in [9.17, 15) is 25.6 Å². The quantitative estimate of drug-likeness (QED) is 0.819. The largest absolute Gasteiger partial charge is 0.245 e. The molecule has 0 unspecified atom stereocenters. The third-order valence-corrected chi connectivity index (χ3v) is 4.93. The van der Waals surface area contributed by atoms with Crippen molar-refractivity contribution in [1.29, 1.82) is 0 Å². The molecule has 0 fully saturated rings. The molecule has 0 saturated carbocycles. The summed E-state index contributed by atoms with van der Waals surface area (Å²) in [6, 6.07) is 1.91. The van der Waals surface area contributed by atoms with Gasteiger partial charge in [0.25, 0.3) is 0 Å². The summed E-state index contributed by atoms with van der Waals surface area (Å²) in [5.74, 6) is -2.21. The third-order valence-electron chi connectivity index (χ3n) is 1.71. The summed E-state index contributed by atoms with van der Waals surface area (Å²) in [4.78, 5) is 0. The maximum Gasteiger partial charge on any atom is 0.245 e. The van der Waals surface area contributed by atoms with Crippen molar-refractivity contribution in [3.8, 4) is 0 Å². The fourth-order valence-electron chi connectivity index (χ4n) is 1.23. The Bertz CT molecular complexity index is 607. The number of halogens is 2. The minimum Gasteiger partial charge on any atom is -0.207 e. The molecular formula is C8H9F2NO4S2. The highest BCUT2D eigenvalue weighted by Crippen LogP contribution is 2.24. The summed E-state index contributed by atoms with van der Waals surface area (Å²) in [5.41, 5.74) is -0.739. The van der Waals surface area contributed by atoms with Crippen LogP contribution >= 0.6 is 0 Å². The summed E-state index contributed by atoms with van der Waals surface area (Å²) in [6.45, 7) is 0. The predicted octanol–water partition coefficient (Wildman–Crippen LogP) is 0.690. The molecular weight excluding hydrogens is 276 g/mol. The molecule has 5 nitrogen and oxygen atoms in total. The molecule has 0 aliphatic rings. The summed E-state index contributed by atoms with van der Waals surface area (Å²) in [6.07, 6.45) is 1.22. The molecule has 1 aromatic carbocycles. The molecule has 0 heterocycles. The van der Waals surface area contributed by atoms with Gasteiger partial charge in [0.1, 0.15) is 11.5 Å². The maximum absolute atomic E-state index is 13.4. The van der Waals surface area contributed by atoms with Gasteiger partial charge in [-0.2, -0.15) is 3.71 Å². The minimum atomic E-state index is -4.23. The number of hydrogen-bond donors (Lipinski definition) is 0. The predicted molar refractivity (Wildman–Crippen MR) is 58.5 cm³/mol. The van der Waals surface area contributed by atoms with Crippen LogP contribution < -0.4 is 3.71 Å². The first-order chi connectivity index (χ1) is 7.53. The Balaban J connectivity index is 3.56. The number of rotatable bonds is 3. The van der Waals surface area contributed by atoms with E-state index in [2.05, 4.69) is 0 Å². The van der Waals surface area contributed by atoms with E-state index >= 15 is 0 Å². The average Bonchev–Trinajstić information content (AvgIpc) is 2.04. The minimum absolute atomic E-state index is 0.0885. The van der Waals surface area contributed by atoms with E-state index in [-0.39, 0.29) is 3.71 Å². The van der Waals surface area contributed by atoms with Crippen molar-refractivity contribution in [2.24, 2.45) is 0 Å². The van der Waals surface area contributed by atoms with Gasteiger partial charge in [0.05, 0.1) is 12.5 Å². The first kappa shape index (κ1) is 13.8. The first-order valence-electron chi connectivity index (χ1n) is 4.19. The Kier molecular flexibility index (Phi) is 3.44. The fraction of sp³-hybridized carbons (Fsp3) is 0.250. The van der Waals surface area contributed by atoms with Gasteiger partial charge in [-0.1, -0.05) is 0 Å².